The third-order valence-corrected chi connectivity index (χ3v) is 3.45. The van der Waals surface area contributed by atoms with Crippen molar-refractivity contribution in [2.24, 2.45) is 0 Å². The first-order valence-corrected chi connectivity index (χ1v) is 8.33. The normalized spacial score (nSPS) is 11.4. The molecule has 26 heavy (non-hydrogen) atoms. The maximum atomic E-state index is 10.8. The second-order valence-electron chi connectivity index (χ2n) is 5.06. The molecule has 3 aromatic rings. The Balaban J connectivity index is 0.00000117. The number of H-pyrrole nitrogens is 2. The Hall–Kier alpha value is -3.42. The summed E-state index contributed by atoms with van der Waals surface area (Å²) in [6.45, 7) is 5.83. The van der Waals surface area contributed by atoms with Crippen LogP contribution in [0.2, 0.25) is 0 Å². The number of amides is 1. The standard InChI is InChI=1S/C16H16N6O2.C2H6/c1-2-3-11(19-16(23)24)5-7-14-12-8-10(15-17-9-18-22-15)4-6-13(12)20-21-14;1-2/h2-6,8-9,19H,7H2,1H3,(H,20,21)(H,23,24)(H,17,18,22);1-2H3/b3-2-,11-5+;. The fraction of sp³-hybridized carbons (Fsp3) is 0.222. The largest absolute Gasteiger partial charge is 0.465 e. The van der Waals surface area contributed by atoms with Gasteiger partial charge in [-0.25, -0.2) is 9.78 Å². The Bertz CT molecular complexity index is 909. The van der Waals surface area contributed by atoms with E-state index in [1.54, 1.807) is 18.2 Å². The van der Waals surface area contributed by atoms with E-state index in [-0.39, 0.29) is 0 Å². The molecule has 3 rings (SSSR count). The van der Waals surface area contributed by atoms with Gasteiger partial charge in [0.2, 0.25) is 0 Å². The minimum atomic E-state index is -1.10. The van der Waals surface area contributed by atoms with Gasteiger partial charge in [0.05, 0.1) is 5.52 Å². The van der Waals surface area contributed by atoms with Crippen LogP contribution in [-0.4, -0.2) is 36.6 Å². The highest BCUT2D eigenvalue weighted by molar-refractivity contribution is 5.85. The van der Waals surface area contributed by atoms with E-state index in [1.165, 1.54) is 6.33 Å². The van der Waals surface area contributed by atoms with Crippen LogP contribution in [0.3, 0.4) is 0 Å². The van der Waals surface area contributed by atoms with Crippen molar-refractivity contribution in [3.63, 3.8) is 0 Å². The molecule has 136 valence electrons. The number of hydrogen-bond acceptors (Lipinski definition) is 4. The SMILES string of the molecule is C/C=C\C(=C/Cc1[nH]nc2ccc(-c3ncn[nH]3)cc12)NC(=O)O.CC. The minimum absolute atomic E-state index is 0.510. The molecule has 0 radical (unpaired) electrons. The van der Waals surface area contributed by atoms with Crippen molar-refractivity contribution >= 4 is 17.0 Å². The lowest BCUT2D eigenvalue weighted by atomic mass is 10.1. The third-order valence-electron chi connectivity index (χ3n) is 3.45. The van der Waals surface area contributed by atoms with Crippen LogP contribution in [0.1, 0.15) is 26.5 Å². The van der Waals surface area contributed by atoms with Gasteiger partial charge in [-0.05, 0) is 31.2 Å². The molecule has 4 N–H and O–H groups in total. The Morgan fingerprint density at radius 3 is 2.77 bits per heavy atom. The number of allylic oxidation sites excluding steroid dienone is 3. The summed E-state index contributed by atoms with van der Waals surface area (Å²) < 4.78 is 0. The van der Waals surface area contributed by atoms with Crippen LogP contribution in [-0.2, 0) is 6.42 Å². The molecule has 2 heterocycles. The molecule has 0 aliphatic rings. The van der Waals surface area contributed by atoms with Crippen molar-refractivity contribution in [1.29, 1.82) is 0 Å². The summed E-state index contributed by atoms with van der Waals surface area (Å²) in [5.74, 6) is 0.682. The Labute approximate surface area is 151 Å². The van der Waals surface area contributed by atoms with E-state index in [1.807, 2.05) is 39.0 Å². The molecule has 0 aliphatic heterocycles. The van der Waals surface area contributed by atoms with Gasteiger partial charge in [-0.3, -0.25) is 15.5 Å². The average Bonchev–Trinajstić information content (AvgIpc) is 3.31. The Kier molecular flexibility index (Phi) is 6.67. The smallest absolute Gasteiger partial charge is 0.409 e. The number of hydrogen-bond donors (Lipinski definition) is 4. The molecule has 1 aromatic carbocycles. The first-order valence-electron chi connectivity index (χ1n) is 8.33. The van der Waals surface area contributed by atoms with E-state index >= 15 is 0 Å². The summed E-state index contributed by atoms with van der Waals surface area (Å²) in [5.41, 5.74) is 3.14. The number of aromatic nitrogens is 5. The second-order valence-corrected chi connectivity index (χ2v) is 5.06. The van der Waals surface area contributed by atoms with Crippen molar-refractivity contribution < 1.29 is 9.90 Å². The van der Waals surface area contributed by atoms with E-state index in [9.17, 15) is 4.79 Å². The molecule has 0 spiro atoms. The van der Waals surface area contributed by atoms with Gasteiger partial charge in [0.25, 0.3) is 0 Å². The van der Waals surface area contributed by atoms with Crippen LogP contribution < -0.4 is 5.32 Å². The number of rotatable bonds is 5. The van der Waals surface area contributed by atoms with Crippen LogP contribution >= 0.6 is 0 Å². The number of nitrogens with one attached hydrogen (secondary N) is 3. The van der Waals surface area contributed by atoms with Crippen LogP contribution in [0.15, 0.2) is 48.5 Å². The summed E-state index contributed by atoms with van der Waals surface area (Å²) in [6.07, 6.45) is 6.14. The molecular weight excluding hydrogens is 332 g/mol. The average molecular weight is 354 g/mol. The first-order chi connectivity index (χ1) is 12.7. The van der Waals surface area contributed by atoms with Crippen molar-refractivity contribution in [2.45, 2.75) is 27.2 Å². The van der Waals surface area contributed by atoms with Crippen molar-refractivity contribution in [3.8, 4) is 11.4 Å². The predicted molar refractivity (Wildman–Crippen MR) is 101 cm³/mol. The second kappa shape index (κ2) is 9.16. The van der Waals surface area contributed by atoms with Gasteiger partial charge in [-0.2, -0.15) is 10.2 Å². The number of nitrogens with zero attached hydrogens (tertiary/aromatic N) is 3. The van der Waals surface area contributed by atoms with Gasteiger partial charge in [-0.15, -0.1) is 0 Å². The summed E-state index contributed by atoms with van der Waals surface area (Å²) in [4.78, 5) is 15.0. The molecular formula is C18H22N6O2. The van der Waals surface area contributed by atoms with Crippen LogP contribution in [0.5, 0.6) is 0 Å². The number of carbonyl (C=O) groups is 1. The van der Waals surface area contributed by atoms with E-state index in [0.717, 1.165) is 22.2 Å². The highest BCUT2D eigenvalue weighted by Gasteiger charge is 2.08. The number of fused-ring (bicyclic) bond motifs is 1. The molecule has 8 heteroatoms. The lowest BCUT2D eigenvalue weighted by Crippen LogP contribution is -2.19. The Morgan fingerprint density at radius 2 is 2.12 bits per heavy atom. The monoisotopic (exact) mass is 354 g/mol. The molecule has 0 bridgehead atoms. The molecule has 0 atom stereocenters. The summed E-state index contributed by atoms with van der Waals surface area (Å²) in [5, 5.41) is 26.1. The third kappa shape index (κ3) is 4.56. The van der Waals surface area contributed by atoms with Gasteiger partial charge in [0.15, 0.2) is 5.82 Å². The lowest BCUT2D eigenvalue weighted by molar-refractivity contribution is 0.198. The molecule has 0 unspecified atom stereocenters. The van der Waals surface area contributed by atoms with Gasteiger partial charge >= 0.3 is 6.09 Å². The topological polar surface area (TPSA) is 120 Å². The van der Waals surface area contributed by atoms with Crippen LogP contribution in [0, 0.1) is 0 Å². The zero-order chi connectivity index (χ0) is 18.9. The van der Waals surface area contributed by atoms with E-state index < -0.39 is 6.09 Å². The van der Waals surface area contributed by atoms with Crippen molar-refractivity contribution in [3.05, 3.63) is 54.1 Å². The number of aromatic amines is 2. The molecule has 1 amide bonds. The van der Waals surface area contributed by atoms with Gasteiger partial charge in [-0.1, -0.05) is 26.0 Å². The number of carboxylic acid groups (broad SMARTS) is 1. The minimum Gasteiger partial charge on any atom is -0.465 e. The fourth-order valence-electron chi connectivity index (χ4n) is 2.39. The highest BCUT2D eigenvalue weighted by Crippen LogP contribution is 2.23. The lowest BCUT2D eigenvalue weighted by Gasteiger charge is -2.02. The van der Waals surface area contributed by atoms with Gasteiger partial charge in [0, 0.05) is 28.8 Å². The maximum absolute atomic E-state index is 10.8. The Morgan fingerprint density at radius 1 is 1.31 bits per heavy atom. The van der Waals surface area contributed by atoms with E-state index in [4.69, 9.17) is 5.11 Å². The summed E-state index contributed by atoms with van der Waals surface area (Å²) >= 11 is 0. The van der Waals surface area contributed by atoms with Crippen LogP contribution in [0.4, 0.5) is 4.79 Å². The molecule has 0 fully saturated rings. The van der Waals surface area contributed by atoms with Crippen molar-refractivity contribution in [2.75, 3.05) is 0 Å². The highest BCUT2D eigenvalue weighted by atomic mass is 16.4. The molecule has 2 aromatic heterocycles. The predicted octanol–water partition coefficient (Wildman–Crippen LogP) is 3.64. The van der Waals surface area contributed by atoms with E-state index in [0.29, 0.717) is 17.9 Å². The molecule has 0 saturated heterocycles. The quantitative estimate of drug-likeness (QED) is 0.521. The number of benzene rings is 1. The molecule has 0 saturated carbocycles. The van der Waals surface area contributed by atoms with Crippen LogP contribution in [0.25, 0.3) is 22.3 Å². The zero-order valence-electron chi connectivity index (χ0n) is 14.9. The first kappa shape index (κ1) is 18.9. The molecule has 0 aliphatic carbocycles. The van der Waals surface area contributed by atoms with Crippen molar-refractivity contribution in [1.82, 2.24) is 30.7 Å². The zero-order valence-corrected chi connectivity index (χ0v) is 14.9. The molecule has 8 nitrogen and oxygen atoms in total. The van der Waals surface area contributed by atoms with Gasteiger partial charge < -0.3 is 5.11 Å². The van der Waals surface area contributed by atoms with Gasteiger partial charge in [0.1, 0.15) is 6.33 Å². The summed E-state index contributed by atoms with van der Waals surface area (Å²) in [6, 6.07) is 5.79. The summed E-state index contributed by atoms with van der Waals surface area (Å²) in [7, 11) is 0. The maximum Gasteiger partial charge on any atom is 0.409 e. The fourth-order valence-corrected chi connectivity index (χ4v) is 2.39. The van der Waals surface area contributed by atoms with E-state index in [2.05, 4.69) is 30.7 Å².